The van der Waals surface area contributed by atoms with Crippen molar-refractivity contribution in [1.82, 2.24) is 4.57 Å². The van der Waals surface area contributed by atoms with Crippen LogP contribution < -0.4 is 4.90 Å². The number of ether oxygens (including phenoxy) is 1. The van der Waals surface area contributed by atoms with Gasteiger partial charge in [0.05, 0.1) is 23.5 Å². The van der Waals surface area contributed by atoms with Crippen LogP contribution in [0.3, 0.4) is 0 Å². The van der Waals surface area contributed by atoms with Crippen LogP contribution in [-0.2, 0) is 14.3 Å². The van der Waals surface area contributed by atoms with E-state index >= 15 is 0 Å². The molecule has 0 fully saturated rings. The Bertz CT molecular complexity index is 1380. The third-order valence-corrected chi connectivity index (χ3v) is 6.53. The van der Waals surface area contributed by atoms with Crippen molar-refractivity contribution in [3.8, 4) is 5.69 Å². The molecule has 34 heavy (non-hydrogen) atoms. The number of rotatable bonds is 4. The summed E-state index contributed by atoms with van der Waals surface area (Å²) in [5, 5.41) is 1.08. The summed E-state index contributed by atoms with van der Waals surface area (Å²) in [5.74, 6) is -1.03. The molecule has 0 saturated heterocycles. The molecule has 3 aromatic rings. The van der Waals surface area contributed by atoms with Crippen LogP contribution in [0.4, 0.5) is 5.69 Å². The van der Waals surface area contributed by atoms with Crippen LogP contribution in [0.2, 0.25) is 10.0 Å². The Kier molecular flexibility index (Phi) is 6.43. The molecule has 1 aliphatic heterocycles. The number of benzene rings is 2. The highest BCUT2D eigenvalue weighted by Crippen LogP contribution is 2.37. The average molecular weight is 495 g/mol. The van der Waals surface area contributed by atoms with Crippen molar-refractivity contribution in [3.63, 3.8) is 0 Å². The van der Waals surface area contributed by atoms with Crippen molar-refractivity contribution in [1.29, 1.82) is 0 Å². The van der Waals surface area contributed by atoms with Crippen molar-refractivity contribution in [2.24, 2.45) is 0 Å². The molecule has 1 aromatic heterocycles. The number of nitrogens with zero attached hydrogens (tertiary/aromatic N) is 2. The minimum atomic E-state index is -0.651. The first-order valence-electron chi connectivity index (χ1n) is 10.7. The Labute approximate surface area is 208 Å². The highest BCUT2D eigenvalue weighted by atomic mass is 35.5. The topological polar surface area (TPSA) is 51.5 Å². The fourth-order valence-corrected chi connectivity index (χ4v) is 4.79. The van der Waals surface area contributed by atoms with Gasteiger partial charge in [0.2, 0.25) is 5.78 Å². The van der Waals surface area contributed by atoms with Gasteiger partial charge in [0.15, 0.2) is 0 Å². The molecule has 0 N–H and O–H groups in total. The van der Waals surface area contributed by atoms with Crippen molar-refractivity contribution in [2.45, 2.75) is 27.7 Å². The quantitative estimate of drug-likeness (QED) is 0.233. The van der Waals surface area contributed by atoms with Gasteiger partial charge in [-0.05, 0) is 75.7 Å². The highest BCUT2D eigenvalue weighted by molar-refractivity contribution is 6.35. The van der Waals surface area contributed by atoms with Crippen LogP contribution in [0.25, 0.3) is 11.8 Å². The number of anilines is 1. The lowest BCUT2D eigenvalue weighted by atomic mass is 10.1. The van der Waals surface area contributed by atoms with Crippen LogP contribution in [0.1, 0.15) is 29.4 Å². The van der Waals surface area contributed by atoms with E-state index in [9.17, 15) is 9.59 Å². The van der Waals surface area contributed by atoms with Gasteiger partial charge in [-0.15, -0.1) is 0 Å². The number of allylic oxidation sites excluding steroid dienone is 2. The number of aryl methyl sites for hydroxylation is 2. The van der Waals surface area contributed by atoms with Crippen molar-refractivity contribution >= 4 is 46.7 Å². The molecule has 7 heteroatoms. The lowest BCUT2D eigenvalue weighted by Crippen LogP contribution is -2.18. The zero-order chi connectivity index (χ0) is 24.7. The van der Waals surface area contributed by atoms with E-state index < -0.39 is 5.97 Å². The zero-order valence-electron chi connectivity index (χ0n) is 19.6. The standard InChI is InChI=1S/C27H24Cl2N2O3/c1-15-6-9-21(10-7-15)31-18(4)25(27(33)34-5)26(32)24(31)13-19-12-16(2)30(17(19)3)23-11-8-20(28)14-22(23)29/h6-14H,1-5H3/b24-13+. The van der Waals surface area contributed by atoms with Gasteiger partial charge in [-0.2, -0.15) is 0 Å². The lowest BCUT2D eigenvalue weighted by Gasteiger charge is -2.21. The molecule has 0 atom stereocenters. The maximum Gasteiger partial charge on any atom is 0.343 e. The summed E-state index contributed by atoms with van der Waals surface area (Å²) < 4.78 is 6.92. The molecular weight excluding hydrogens is 471 g/mol. The Morgan fingerprint density at radius 3 is 2.26 bits per heavy atom. The van der Waals surface area contributed by atoms with E-state index in [1.165, 1.54) is 7.11 Å². The van der Waals surface area contributed by atoms with Crippen LogP contribution in [0.15, 0.2) is 65.5 Å². The van der Waals surface area contributed by atoms with E-state index in [4.69, 9.17) is 27.9 Å². The van der Waals surface area contributed by atoms with Gasteiger partial charge < -0.3 is 14.2 Å². The summed E-state index contributed by atoms with van der Waals surface area (Å²) in [6, 6.07) is 15.1. The number of methoxy groups -OCH3 is 1. The summed E-state index contributed by atoms with van der Waals surface area (Å²) in [7, 11) is 1.28. The molecule has 0 unspecified atom stereocenters. The molecule has 1 aliphatic rings. The normalized spacial score (nSPS) is 15.0. The molecule has 174 valence electrons. The van der Waals surface area contributed by atoms with E-state index in [1.807, 2.05) is 67.8 Å². The van der Waals surface area contributed by atoms with Gasteiger partial charge in [-0.25, -0.2) is 4.79 Å². The highest BCUT2D eigenvalue weighted by Gasteiger charge is 2.38. The second-order valence-corrected chi connectivity index (χ2v) is 9.08. The van der Waals surface area contributed by atoms with Crippen LogP contribution in [0.5, 0.6) is 0 Å². The zero-order valence-corrected chi connectivity index (χ0v) is 21.1. The summed E-state index contributed by atoms with van der Waals surface area (Å²) >= 11 is 12.6. The Hall–Kier alpha value is -3.28. The molecule has 4 rings (SSSR count). The molecule has 0 spiro atoms. The van der Waals surface area contributed by atoms with Crippen LogP contribution >= 0.6 is 23.2 Å². The number of hydrogen-bond acceptors (Lipinski definition) is 4. The third kappa shape index (κ3) is 4.06. The number of ketones is 1. The first-order chi connectivity index (χ1) is 16.1. The van der Waals surface area contributed by atoms with Crippen molar-refractivity contribution in [3.05, 3.63) is 98.1 Å². The summed E-state index contributed by atoms with van der Waals surface area (Å²) in [6.07, 6.45) is 1.81. The van der Waals surface area contributed by atoms with E-state index in [2.05, 4.69) is 0 Å². The first-order valence-corrected chi connectivity index (χ1v) is 11.5. The number of esters is 1. The molecule has 0 saturated carbocycles. The Morgan fingerprint density at radius 2 is 1.65 bits per heavy atom. The smallest absolute Gasteiger partial charge is 0.343 e. The fraction of sp³-hybridized carbons (Fsp3) is 0.185. The fourth-order valence-electron chi connectivity index (χ4n) is 4.30. The monoisotopic (exact) mass is 494 g/mol. The number of hydrogen-bond donors (Lipinski definition) is 0. The molecule has 0 bridgehead atoms. The number of aromatic nitrogens is 1. The minimum Gasteiger partial charge on any atom is -0.465 e. The third-order valence-electron chi connectivity index (χ3n) is 5.99. The van der Waals surface area contributed by atoms with Gasteiger partial charge in [-0.3, -0.25) is 4.79 Å². The van der Waals surface area contributed by atoms with Crippen molar-refractivity contribution < 1.29 is 14.3 Å². The molecular formula is C27H24Cl2N2O3. The van der Waals surface area contributed by atoms with Gasteiger partial charge in [0.25, 0.3) is 0 Å². The van der Waals surface area contributed by atoms with E-state index in [1.54, 1.807) is 24.0 Å². The first kappa shape index (κ1) is 23.9. The second-order valence-electron chi connectivity index (χ2n) is 8.24. The summed E-state index contributed by atoms with van der Waals surface area (Å²) in [5.41, 5.74) is 6.30. The predicted octanol–water partition coefficient (Wildman–Crippen LogP) is 6.59. The van der Waals surface area contributed by atoms with Crippen LogP contribution in [0, 0.1) is 20.8 Å². The summed E-state index contributed by atoms with van der Waals surface area (Å²) in [6.45, 7) is 7.68. The van der Waals surface area contributed by atoms with Gasteiger partial charge in [0, 0.05) is 27.8 Å². The minimum absolute atomic E-state index is 0.0314. The maximum atomic E-state index is 13.4. The van der Waals surface area contributed by atoms with Crippen molar-refractivity contribution in [2.75, 3.05) is 12.0 Å². The van der Waals surface area contributed by atoms with E-state index in [-0.39, 0.29) is 11.4 Å². The molecule has 2 aromatic carbocycles. The largest absolute Gasteiger partial charge is 0.465 e. The van der Waals surface area contributed by atoms with E-state index in [0.717, 1.165) is 33.9 Å². The number of halogens is 2. The average Bonchev–Trinajstić information content (AvgIpc) is 3.20. The Balaban J connectivity index is 1.88. The molecule has 2 heterocycles. The predicted molar refractivity (Wildman–Crippen MR) is 137 cm³/mol. The number of Topliss-reactive ketones (excluding diaryl/α,β-unsaturated/α-hetero) is 1. The molecule has 0 amide bonds. The molecule has 5 nitrogen and oxygen atoms in total. The van der Waals surface area contributed by atoms with E-state index in [0.29, 0.717) is 21.4 Å². The number of carbonyl (C=O) groups excluding carboxylic acids is 2. The maximum absolute atomic E-state index is 13.4. The lowest BCUT2D eigenvalue weighted by molar-refractivity contribution is -0.137. The van der Waals surface area contributed by atoms with Gasteiger partial charge in [0.1, 0.15) is 5.57 Å². The van der Waals surface area contributed by atoms with Gasteiger partial charge in [-0.1, -0.05) is 40.9 Å². The SMILES string of the molecule is COC(=O)C1=C(C)N(c2ccc(C)cc2)/C(=C/c2cc(C)n(-c3ccc(Cl)cc3Cl)c2C)C1=O. The molecule has 0 radical (unpaired) electrons. The molecule has 0 aliphatic carbocycles. The summed E-state index contributed by atoms with van der Waals surface area (Å²) in [4.78, 5) is 27.7. The number of carbonyl (C=O) groups is 2. The second kappa shape index (κ2) is 9.16. The Morgan fingerprint density at radius 1 is 0.971 bits per heavy atom. The van der Waals surface area contributed by atoms with Gasteiger partial charge >= 0.3 is 5.97 Å². The van der Waals surface area contributed by atoms with Crippen LogP contribution in [-0.4, -0.2) is 23.4 Å².